The van der Waals surface area contributed by atoms with E-state index in [-0.39, 0.29) is 11.7 Å². The molecule has 2 unspecified atom stereocenters. The monoisotopic (exact) mass is 206 g/mol. The van der Waals surface area contributed by atoms with Crippen LogP contribution in [0.15, 0.2) is 12.7 Å². The Morgan fingerprint density at radius 1 is 1.54 bits per heavy atom. The number of quaternary nitrogens is 1. The van der Waals surface area contributed by atoms with Gasteiger partial charge in [0.1, 0.15) is 0 Å². The molecule has 0 aromatic carbocycles. The highest BCUT2D eigenvalue weighted by Crippen LogP contribution is 2.16. The van der Waals surface area contributed by atoms with Crippen molar-refractivity contribution in [3.8, 4) is 0 Å². The molecule has 0 amide bonds. The van der Waals surface area contributed by atoms with Crippen LogP contribution in [0.25, 0.3) is 0 Å². The molecule has 0 aliphatic heterocycles. The van der Waals surface area contributed by atoms with Crippen molar-refractivity contribution in [1.82, 2.24) is 0 Å². The number of hydrogen-bond donors (Lipinski definition) is 0. The number of alkyl halides is 1. The fourth-order valence-corrected chi connectivity index (χ4v) is 0.800. The average molecular weight is 207 g/mol. The Bertz CT molecular complexity index is 202. The molecule has 0 radical (unpaired) electrons. The Kier molecular flexibility index (Phi) is 4.44. The summed E-state index contributed by atoms with van der Waals surface area (Å²) in [5.74, 6) is -0.420. The molecule has 3 nitrogen and oxygen atoms in total. The molecule has 0 spiro atoms. The van der Waals surface area contributed by atoms with E-state index < -0.39 is 5.97 Å². The van der Waals surface area contributed by atoms with Gasteiger partial charge < -0.3 is 4.74 Å². The van der Waals surface area contributed by atoms with Crippen LogP contribution in [0.2, 0.25) is 0 Å². The van der Waals surface area contributed by atoms with Crippen LogP contribution in [0, 0.1) is 0 Å². The van der Waals surface area contributed by atoms with Crippen LogP contribution in [0.3, 0.4) is 0 Å². The normalized spacial score (nSPS) is 16.1. The lowest BCUT2D eigenvalue weighted by molar-refractivity contribution is -0.941. The van der Waals surface area contributed by atoms with Gasteiger partial charge in [0.05, 0.1) is 14.1 Å². The third-order valence-electron chi connectivity index (χ3n) is 2.31. The molecule has 0 rings (SSSR count). The van der Waals surface area contributed by atoms with Gasteiger partial charge in [0, 0.05) is 19.9 Å². The maximum absolute atomic E-state index is 10.9. The Labute approximate surface area is 84.5 Å². The average Bonchev–Trinajstić information content (AvgIpc) is 2.03. The van der Waals surface area contributed by atoms with Crippen LogP contribution in [-0.2, 0) is 9.53 Å². The number of carbonyl (C=O) groups excluding carboxylic acids is 1. The smallest absolute Gasteiger partial charge is 0.334 e. The van der Waals surface area contributed by atoms with Gasteiger partial charge in [-0.05, 0) is 0 Å². The third kappa shape index (κ3) is 3.36. The summed E-state index contributed by atoms with van der Waals surface area (Å²) < 4.78 is 5.47. The number of hydrogen-bond acceptors (Lipinski definition) is 2. The Balaban J connectivity index is 4.32. The summed E-state index contributed by atoms with van der Waals surface area (Å²) in [6.45, 7) is 6.99. The molecular weight excluding hydrogens is 190 g/mol. The van der Waals surface area contributed by atoms with Gasteiger partial charge in [-0.15, -0.1) is 0 Å². The highest BCUT2D eigenvalue weighted by molar-refractivity contribution is 6.19. The quantitative estimate of drug-likeness (QED) is 0.175. The molecule has 13 heavy (non-hydrogen) atoms. The van der Waals surface area contributed by atoms with Gasteiger partial charge in [0.15, 0.2) is 5.50 Å². The lowest BCUT2D eigenvalue weighted by Crippen LogP contribution is -2.52. The van der Waals surface area contributed by atoms with E-state index in [0.29, 0.717) is 4.48 Å². The van der Waals surface area contributed by atoms with Crippen LogP contribution >= 0.6 is 11.6 Å². The van der Waals surface area contributed by atoms with Gasteiger partial charge in [-0.3, -0.25) is 4.48 Å². The lowest BCUT2D eigenvalue weighted by atomic mass is 10.4. The zero-order valence-electron chi connectivity index (χ0n) is 8.58. The van der Waals surface area contributed by atoms with Crippen LogP contribution in [0.5, 0.6) is 0 Å². The second kappa shape index (κ2) is 4.63. The summed E-state index contributed by atoms with van der Waals surface area (Å²) in [5, 5.41) is 0. The summed E-state index contributed by atoms with van der Waals surface area (Å²) in [6, 6.07) is 0. The topological polar surface area (TPSA) is 26.3 Å². The molecule has 2 atom stereocenters. The second-order valence-electron chi connectivity index (χ2n) is 3.44. The molecule has 0 N–H and O–H groups in total. The molecule has 0 fully saturated rings. The first-order valence-corrected chi connectivity index (χ1v) is 4.56. The van der Waals surface area contributed by atoms with Gasteiger partial charge in [0.2, 0.25) is 6.23 Å². The zero-order valence-corrected chi connectivity index (χ0v) is 9.34. The van der Waals surface area contributed by atoms with Crippen molar-refractivity contribution < 1.29 is 14.0 Å². The first kappa shape index (κ1) is 12.5. The van der Waals surface area contributed by atoms with E-state index in [9.17, 15) is 4.79 Å². The number of ether oxygens (including phenoxy) is 1. The lowest BCUT2D eigenvalue weighted by Gasteiger charge is -2.36. The molecule has 0 aromatic rings. The fourth-order valence-electron chi connectivity index (χ4n) is 0.641. The first-order valence-electron chi connectivity index (χ1n) is 4.12. The van der Waals surface area contributed by atoms with Crippen LogP contribution in [-0.4, -0.2) is 36.3 Å². The number of rotatable bonds is 4. The standard InChI is InChI=1S/C9H17ClNO2/c1-6-9(12)13-8(3)11(4,5)7(2)10/h6-8H,1H2,2-5H3/q+1. The van der Waals surface area contributed by atoms with E-state index in [1.54, 1.807) is 6.92 Å². The van der Waals surface area contributed by atoms with E-state index in [2.05, 4.69) is 6.58 Å². The summed E-state index contributed by atoms with van der Waals surface area (Å²) in [5.41, 5.74) is -0.118. The molecule has 0 saturated carbocycles. The summed E-state index contributed by atoms with van der Waals surface area (Å²) in [7, 11) is 3.80. The van der Waals surface area contributed by atoms with Gasteiger partial charge in [-0.1, -0.05) is 18.2 Å². The Hall–Kier alpha value is -0.540. The predicted molar refractivity (Wildman–Crippen MR) is 53.2 cm³/mol. The van der Waals surface area contributed by atoms with Crippen molar-refractivity contribution in [3.05, 3.63) is 12.7 Å². The van der Waals surface area contributed by atoms with Gasteiger partial charge in [0.25, 0.3) is 0 Å². The SMILES string of the molecule is C=CC(=O)OC(C)[N+](C)(C)C(C)Cl. The van der Waals surface area contributed by atoms with E-state index in [1.165, 1.54) is 0 Å². The van der Waals surface area contributed by atoms with Crippen molar-refractivity contribution in [1.29, 1.82) is 0 Å². The molecular formula is C9H17ClNO2+. The van der Waals surface area contributed by atoms with E-state index >= 15 is 0 Å². The van der Waals surface area contributed by atoms with Gasteiger partial charge in [-0.2, -0.15) is 0 Å². The molecule has 76 valence electrons. The Morgan fingerprint density at radius 3 is 2.31 bits per heavy atom. The molecule has 0 aliphatic rings. The zero-order chi connectivity index (χ0) is 10.6. The summed E-state index contributed by atoms with van der Waals surface area (Å²) in [6.07, 6.45) is 0.869. The largest absolute Gasteiger partial charge is 0.410 e. The minimum atomic E-state index is -0.420. The van der Waals surface area contributed by atoms with Crippen molar-refractivity contribution in [3.63, 3.8) is 0 Å². The highest BCUT2D eigenvalue weighted by Gasteiger charge is 2.31. The van der Waals surface area contributed by atoms with Crippen molar-refractivity contribution in [2.24, 2.45) is 0 Å². The van der Waals surface area contributed by atoms with E-state index in [1.807, 2.05) is 21.0 Å². The maximum Gasteiger partial charge on any atom is 0.334 e. The number of esters is 1. The molecule has 0 aliphatic carbocycles. The van der Waals surface area contributed by atoms with Crippen molar-refractivity contribution >= 4 is 17.6 Å². The maximum atomic E-state index is 10.9. The second-order valence-corrected chi connectivity index (χ2v) is 4.08. The molecule has 0 aromatic heterocycles. The molecule has 0 heterocycles. The number of carbonyl (C=O) groups is 1. The predicted octanol–water partition coefficient (Wildman–Crippen LogP) is 1.72. The van der Waals surface area contributed by atoms with Gasteiger partial charge >= 0.3 is 5.97 Å². The number of halogens is 1. The summed E-state index contributed by atoms with van der Waals surface area (Å²) in [4.78, 5) is 10.9. The van der Waals surface area contributed by atoms with E-state index in [4.69, 9.17) is 16.3 Å². The minimum absolute atomic E-state index is 0.118. The molecule has 4 heteroatoms. The molecule has 0 saturated heterocycles. The minimum Gasteiger partial charge on any atom is -0.410 e. The fraction of sp³-hybridized carbons (Fsp3) is 0.667. The number of nitrogens with zero attached hydrogens (tertiary/aromatic N) is 1. The van der Waals surface area contributed by atoms with Crippen LogP contribution in [0.1, 0.15) is 13.8 Å². The van der Waals surface area contributed by atoms with Crippen LogP contribution in [0.4, 0.5) is 0 Å². The first-order chi connectivity index (χ1) is 5.82. The highest BCUT2D eigenvalue weighted by atomic mass is 35.5. The Morgan fingerprint density at radius 2 is 2.00 bits per heavy atom. The summed E-state index contributed by atoms with van der Waals surface area (Å²) >= 11 is 5.95. The van der Waals surface area contributed by atoms with Crippen LogP contribution < -0.4 is 0 Å². The van der Waals surface area contributed by atoms with Gasteiger partial charge in [-0.25, -0.2) is 4.79 Å². The van der Waals surface area contributed by atoms with E-state index in [0.717, 1.165) is 6.08 Å². The molecule has 0 bridgehead atoms. The van der Waals surface area contributed by atoms with Crippen molar-refractivity contribution in [2.75, 3.05) is 14.1 Å². The van der Waals surface area contributed by atoms with Crippen molar-refractivity contribution in [2.45, 2.75) is 25.6 Å². The third-order valence-corrected chi connectivity index (χ3v) is 2.81.